The number of aromatic nitrogens is 1. The molecule has 1 aliphatic heterocycles. The first-order valence-corrected chi connectivity index (χ1v) is 6.51. The molecule has 0 saturated carbocycles. The quantitative estimate of drug-likeness (QED) is 0.856. The number of hydrogen-bond donors (Lipinski definition) is 1. The SMILES string of the molecule is CNc1nc2c(s1)C(=O)c1ccccc1OC2C. The van der Waals surface area contributed by atoms with Gasteiger partial charge in [0.05, 0.1) is 5.56 Å². The number of rotatable bonds is 1. The highest BCUT2D eigenvalue weighted by molar-refractivity contribution is 7.17. The minimum atomic E-state index is -0.217. The molecule has 3 rings (SSSR count). The van der Waals surface area contributed by atoms with Crippen LogP contribution in [0.15, 0.2) is 24.3 Å². The molecule has 2 aromatic rings. The van der Waals surface area contributed by atoms with Crippen molar-refractivity contribution in [3.05, 3.63) is 40.4 Å². The molecule has 1 aliphatic rings. The van der Waals surface area contributed by atoms with Gasteiger partial charge in [0.1, 0.15) is 22.4 Å². The third kappa shape index (κ3) is 1.59. The summed E-state index contributed by atoms with van der Waals surface area (Å²) in [7, 11) is 1.79. The summed E-state index contributed by atoms with van der Waals surface area (Å²) in [5, 5.41) is 3.71. The second-order valence-electron chi connectivity index (χ2n) is 4.07. The Morgan fingerprint density at radius 3 is 2.94 bits per heavy atom. The molecule has 0 spiro atoms. The summed E-state index contributed by atoms with van der Waals surface area (Å²) in [6.45, 7) is 1.91. The van der Waals surface area contributed by atoms with Crippen molar-refractivity contribution in [2.45, 2.75) is 13.0 Å². The number of fused-ring (bicyclic) bond motifs is 2. The second-order valence-corrected chi connectivity index (χ2v) is 5.07. The van der Waals surface area contributed by atoms with Gasteiger partial charge in [-0.15, -0.1) is 0 Å². The smallest absolute Gasteiger partial charge is 0.208 e. The molecule has 0 amide bonds. The van der Waals surface area contributed by atoms with Gasteiger partial charge >= 0.3 is 0 Å². The lowest BCUT2D eigenvalue weighted by Crippen LogP contribution is -2.04. The Balaban J connectivity index is 2.20. The van der Waals surface area contributed by atoms with Crippen molar-refractivity contribution in [2.75, 3.05) is 12.4 Å². The zero-order valence-electron chi connectivity index (χ0n) is 10.1. The van der Waals surface area contributed by atoms with Crippen LogP contribution >= 0.6 is 11.3 Å². The van der Waals surface area contributed by atoms with E-state index >= 15 is 0 Å². The number of thiazole rings is 1. The van der Waals surface area contributed by atoms with Gasteiger partial charge in [-0.2, -0.15) is 0 Å². The zero-order chi connectivity index (χ0) is 12.7. The Bertz CT molecular complexity index is 621. The van der Waals surface area contributed by atoms with E-state index in [1.165, 1.54) is 11.3 Å². The van der Waals surface area contributed by atoms with E-state index in [4.69, 9.17) is 4.74 Å². The van der Waals surface area contributed by atoms with Crippen LogP contribution in [0.25, 0.3) is 0 Å². The van der Waals surface area contributed by atoms with Crippen molar-refractivity contribution in [1.82, 2.24) is 4.98 Å². The molecule has 18 heavy (non-hydrogen) atoms. The van der Waals surface area contributed by atoms with Crippen LogP contribution in [-0.4, -0.2) is 17.8 Å². The van der Waals surface area contributed by atoms with Gasteiger partial charge in [0.25, 0.3) is 0 Å². The highest BCUT2D eigenvalue weighted by Gasteiger charge is 2.29. The van der Waals surface area contributed by atoms with Crippen molar-refractivity contribution in [2.24, 2.45) is 0 Å². The van der Waals surface area contributed by atoms with Crippen LogP contribution in [0.4, 0.5) is 5.13 Å². The minimum absolute atomic E-state index is 0.0102. The molecule has 4 nitrogen and oxygen atoms in total. The van der Waals surface area contributed by atoms with Gasteiger partial charge in [0.15, 0.2) is 5.13 Å². The van der Waals surface area contributed by atoms with Crippen LogP contribution < -0.4 is 10.1 Å². The number of ether oxygens (including phenoxy) is 1. The molecule has 5 heteroatoms. The maximum atomic E-state index is 12.5. The number of nitrogens with zero attached hydrogens (tertiary/aromatic N) is 1. The predicted molar refractivity (Wildman–Crippen MR) is 70.6 cm³/mol. The van der Waals surface area contributed by atoms with Crippen molar-refractivity contribution in [3.8, 4) is 5.75 Å². The van der Waals surface area contributed by atoms with Gasteiger partial charge in [0, 0.05) is 7.05 Å². The van der Waals surface area contributed by atoms with Crippen LogP contribution in [0.5, 0.6) is 5.75 Å². The third-order valence-electron chi connectivity index (χ3n) is 2.89. The molecule has 1 N–H and O–H groups in total. The number of carbonyl (C=O) groups is 1. The Kier molecular flexibility index (Phi) is 2.56. The Labute approximate surface area is 109 Å². The third-order valence-corrected chi connectivity index (χ3v) is 3.98. The summed E-state index contributed by atoms with van der Waals surface area (Å²) >= 11 is 1.37. The number of ketones is 1. The van der Waals surface area contributed by atoms with Crippen molar-refractivity contribution < 1.29 is 9.53 Å². The zero-order valence-corrected chi connectivity index (χ0v) is 10.9. The summed E-state index contributed by atoms with van der Waals surface area (Å²) in [5.41, 5.74) is 1.32. The fraction of sp³-hybridized carbons (Fsp3) is 0.231. The molecule has 0 aliphatic carbocycles. The number of nitrogens with one attached hydrogen (secondary N) is 1. The van der Waals surface area contributed by atoms with Crippen LogP contribution in [-0.2, 0) is 0 Å². The summed E-state index contributed by atoms with van der Waals surface area (Å²) in [6.07, 6.45) is -0.217. The number of para-hydroxylation sites is 1. The van der Waals surface area contributed by atoms with E-state index in [0.29, 0.717) is 21.9 Å². The molecule has 1 aromatic heterocycles. The molecule has 1 atom stereocenters. The average molecular weight is 260 g/mol. The highest BCUT2D eigenvalue weighted by atomic mass is 32.1. The van der Waals surface area contributed by atoms with Gasteiger partial charge in [0.2, 0.25) is 5.78 Å². The van der Waals surface area contributed by atoms with Crippen molar-refractivity contribution in [3.63, 3.8) is 0 Å². The molecule has 2 heterocycles. The summed E-state index contributed by atoms with van der Waals surface area (Å²) < 4.78 is 5.81. The molecular formula is C13H12N2O2S. The summed E-state index contributed by atoms with van der Waals surface area (Å²) in [6, 6.07) is 7.32. The topological polar surface area (TPSA) is 51.2 Å². The predicted octanol–water partition coefficient (Wildman–Crippen LogP) is 2.87. The van der Waals surface area contributed by atoms with Crippen molar-refractivity contribution >= 4 is 22.3 Å². The fourth-order valence-corrected chi connectivity index (χ4v) is 2.96. The van der Waals surface area contributed by atoms with E-state index in [2.05, 4.69) is 10.3 Å². The lowest BCUT2D eigenvalue weighted by molar-refractivity contribution is 0.104. The first-order chi connectivity index (χ1) is 8.70. The van der Waals surface area contributed by atoms with Crippen molar-refractivity contribution in [1.29, 1.82) is 0 Å². The summed E-state index contributed by atoms with van der Waals surface area (Å²) in [4.78, 5) is 17.5. The second kappa shape index (κ2) is 4.10. The van der Waals surface area contributed by atoms with E-state index in [-0.39, 0.29) is 11.9 Å². The maximum Gasteiger partial charge on any atom is 0.208 e. The first-order valence-electron chi connectivity index (χ1n) is 5.69. The standard InChI is InChI=1S/C13H12N2O2S/c1-7-10-12(18-13(14-2)15-10)11(16)8-5-3-4-6-9(8)17-7/h3-7H,1-2H3,(H,14,15). The largest absolute Gasteiger partial charge is 0.484 e. The summed E-state index contributed by atoms with van der Waals surface area (Å²) in [5.74, 6) is 0.621. The molecule has 1 aromatic carbocycles. The van der Waals surface area contributed by atoms with Crippen LogP contribution in [0.1, 0.15) is 34.0 Å². The van der Waals surface area contributed by atoms with Gasteiger partial charge in [-0.1, -0.05) is 23.5 Å². The monoisotopic (exact) mass is 260 g/mol. The number of anilines is 1. The Morgan fingerprint density at radius 2 is 2.17 bits per heavy atom. The molecule has 1 unspecified atom stereocenters. The molecule has 0 fully saturated rings. The lowest BCUT2D eigenvalue weighted by atomic mass is 10.1. The number of carbonyl (C=O) groups excluding carboxylic acids is 1. The van der Waals surface area contributed by atoms with E-state index in [0.717, 1.165) is 5.13 Å². The Morgan fingerprint density at radius 1 is 1.39 bits per heavy atom. The molecule has 0 radical (unpaired) electrons. The molecule has 0 saturated heterocycles. The maximum absolute atomic E-state index is 12.5. The van der Waals surface area contributed by atoms with E-state index < -0.39 is 0 Å². The average Bonchev–Trinajstić information content (AvgIpc) is 2.79. The Hall–Kier alpha value is -1.88. The molecule has 0 bridgehead atoms. The van der Waals surface area contributed by atoms with Crippen LogP contribution in [0.3, 0.4) is 0 Å². The van der Waals surface area contributed by atoms with E-state index in [9.17, 15) is 4.79 Å². The van der Waals surface area contributed by atoms with Crippen LogP contribution in [0, 0.1) is 0 Å². The minimum Gasteiger partial charge on any atom is -0.484 e. The molecule has 92 valence electrons. The highest BCUT2D eigenvalue weighted by Crippen LogP contribution is 2.37. The lowest BCUT2D eigenvalue weighted by Gasteiger charge is -2.11. The van der Waals surface area contributed by atoms with E-state index in [1.807, 2.05) is 25.1 Å². The first kappa shape index (κ1) is 11.2. The van der Waals surface area contributed by atoms with Gasteiger partial charge in [-0.25, -0.2) is 4.98 Å². The van der Waals surface area contributed by atoms with E-state index in [1.54, 1.807) is 13.1 Å². The fourth-order valence-electron chi connectivity index (χ4n) is 2.00. The van der Waals surface area contributed by atoms with Gasteiger partial charge in [-0.05, 0) is 19.1 Å². The molecular weight excluding hydrogens is 248 g/mol. The van der Waals surface area contributed by atoms with Gasteiger partial charge < -0.3 is 10.1 Å². The normalized spacial score (nSPS) is 17.4. The van der Waals surface area contributed by atoms with Crippen LogP contribution in [0.2, 0.25) is 0 Å². The number of benzene rings is 1. The number of hydrogen-bond acceptors (Lipinski definition) is 5. The van der Waals surface area contributed by atoms with Gasteiger partial charge in [-0.3, -0.25) is 4.79 Å².